The minimum absolute atomic E-state index is 0.123. The third kappa shape index (κ3) is 3.89. The molecule has 1 aromatic heterocycles. The van der Waals surface area contributed by atoms with Crippen molar-refractivity contribution in [3.63, 3.8) is 0 Å². The zero-order valence-corrected chi connectivity index (χ0v) is 15.3. The Labute approximate surface area is 153 Å². The van der Waals surface area contributed by atoms with Crippen molar-refractivity contribution in [1.82, 2.24) is 14.4 Å². The third-order valence-electron chi connectivity index (χ3n) is 4.42. The standard InChI is InChI=1S/C17H21F4N3O3/c1-16(2,3)27-15(26)22-5-4-10-6-11(24(14(18)19)12(10)7-22)13(25)23-8-17(20,21)9-23/h6,14H,4-5,7-9H2,1-3H3. The summed E-state index contributed by atoms with van der Waals surface area (Å²) >= 11 is 0. The van der Waals surface area contributed by atoms with Crippen LogP contribution in [-0.4, -0.2) is 57.5 Å². The molecule has 150 valence electrons. The Balaban J connectivity index is 1.85. The molecule has 10 heteroatoms. The molecule has 3 rings (SSSR count). The van der Waals surface area contributed by atoms with E-state index in [9.17, 15) is 27.2 Å². The van der Waals surface area contributed by atoms with Crippen molar-refractivity contribution in [3.05, 3.63) is 23.0 Å². The first kappa shape index (κ1) is 19.5. The summed E-state index contributed by atoms with van der Waals surface area (Å²) in [5.74, 6) is -3.84. The second-order valence-electron chi connectivity index (χ2n) is 7.82. The van der Waals surface area contributed by atoms with E-state index in [1.807, 2.05) is 0 Å². The van der Waals surface area contributed by atoms with Gasteiger partial charge in [-0.1, -0.05) is 0 Å². The van der Waals surface area contributed by atoms with E-state index in [1.165, 1.54) is 11.0 Å². The first-order valence-corrected chi connectivity index (χ1v) is 8.54. The molecule has 1 aromatic rings. The normalized spacial score (nSPS) is 19.0. The van der Waals surface area contributed by atoms with E-state index in [4.69, 9.17) is 4.74 Å². The number of fused-ring (bicyclic) bond motifs is 1. The summed E-state index contributed by atoms with van der Waals surface area (Å²) in [5, 5.41) is 0. The van der Waals surface area contributed by atoms with Gasteiger partial charge in [-0.15, -0.1) is 0 Å². The van der Waals surface area contributed by atoms with E-state index in [0.717, 1.165) is 4.90 Å². The van der Waals surface area contributed by atoms with Gasteiger partial charge in [-0.25, -0.2) is 13.6 Å². The maximum atomic E-state index is 13.7. The van der Waals surface area contributed by atoms with Crippen LogP contribution in [0.4, 0.5) is 22.4 Å². The molecule has 27 heavy (non-hydrogen) atoms. The molecule has 2 aliphatic rings. The molecule has 0 unspecified atom stereocenters. The molecule has 3 heterocycles. The summed E-state index contributed by atoms with van der Waals surface area (Å²) < 4.78 is 59.1. The van der Waals surface area contributed by atoms with Gasteiger partial charge < -0.3 is 14.5 Å². The second kappa shape index (κ2) is 6.42. The first-order valence-electron chi connectivity index (χ1n) is 8.54. The zero-order chi connectivity index (χ0) is 20.1. The number of hydrogen-bond donors (Lipinski definition) is 0. The Bertz CT molecular complexity index is 762. The molecule has 0 aliphatic carbocycles. The zero-order valence-electron chi connectivity index (χ0n) is 15.3. The van der Waals surface area contributed by atoms with Gasteiger partial charge in [-0.05, 0) is 38.8 Å². The number of carbonyl (C=O) groups is 2. The smallest absolute Gasteiger partial charge is 0.410 e. The van der Waals surface area contributed by atoms with Crippen molar-refractivity contribution in [2.24, 2.45) is 0 Å². The van der Waals surface area contributed by atoms with Gasteiger partial charge in [0.25, 0.3) is 11.8 Å². The molecule has 0 N–H and O–H groups in total. The maximum Gasteiger partial charge on any atom is 0.410 e. The van der Waals surface area contributed by atoms with Crippen LogP contribution in [0.3, 0.4) is 0 Å². The highest BCUT2D eigenvalue weighted by molar-refractivity contribution is 5.94. The van der Waals surface area contributed by atoms with Crippen molar-refractivity contribution < 1.29 is 31.9 Å². The van der Waals surface area contributed by atoms with Crippen LogP contribution in [0.25, 0.3) is 0 Å². The molecular formula is C17H21F4N3O3. The molecule has 0 spiro atoms. The number of rotatable bonds is 2. The number of likely N-dealkylation sites (tertiary alicyclic amines) is 1. The number of hydrogen-bond acceptors (Lipinski definition) is 3. The van der Waals surface area contributed by atoms with Crippen LogP contribution in [0.1, 0.15) is 49.1 Å². The number of carbonyl (C=O) groups excluding carboxylic acids is 2. The third-order valence-corrected chi connectivity index (χ3v) is 4.42. The Morgan fingerprint density at radius 1 is 1.19 bits per heavy atom. The van der Waals surface area contributed by atoms with E-state index in [0.29, 0.717) is 10.1 Å². The van der Waals surface area contributed by atoms with Crippen molar-refractivity contribution in [1.29, 1.82) is 0 Å². The maximum absolute atomic E-state index is 13.7. The first-order chi connectivity index (χ1) is 12.4. The fourth-order valence-electron chi connectivity index (χ4n) is 3.22. The molecule has 1 fully saturated rings. The number of amides is 2. The van der Waals surface area contributed by atoms with E-state index in [-0.39, 0.29) is 30.9 Å². The number of alkyl halides is 4. The molecule has 0 aromatic carbocycles. The quantitative estimate of drug-likeness (QED) is 0.728. The molecule has 2 amide bonds. The van der Waals surface area contributed by atoms with E-state index >= 15 is 0 Å². The Morgan fingerprint density at radius 3 is 2.33 bits per heavy atom. The topological polar surface area (TPSA) is 54.8 Å². The van der Waals surface area contributed by atoms with Crippen LogP contribution in [0.5, 0.6) is 0 Å². The molecule has 0 radical (unpaired) electrons. The lowest BCUT2D eigenvalue weighted by Gasteiger charge is -2.38. The van der Waals surface area contributed by atoms with Crippen LogP contribution in [-0.2, 0) is 17.7 Å². The van der Waals surface area contributed by atoms with Crippen molar-refractivity contribution in [2.45, 2.75) is 51.8 Å². The molecule has 0 bridgehead atoms. The molecule has 1 saturated heterocycles. The predicted octanol–water partition coefficient (Wildman–Crippen LogP) is 3.27. The number of aromatic nitrogens is 1. The van der Waals surface area contributed by atoms with Gasteiger partial charge in [0.05, 0.1) is 19.6 Å². The molecule has 0 atom stereocenters. The van der Waals surface area contributed by atoms with Crippen LogP contribution in [0, 0.1) is 0 Å². The van der Waals surface area contributed by atoms with E-state index < -0.39 is 43.2 Å². The summed E-state index contributed by atoms with van der Waals surface area (Å²) in [6, 6.07) is 1.31. The number of halogens is 4. The summed E-state index contributed by atoms with van der Waals surface area (Å²) in [6.45, 7) is 0.602. The van der Waals surface area contributed by atoms with Crippen molar-refractivity contribution >= 4 is 12.0 Å². The average Bonchev–Trinajstić information content (AvgIpc) is 2.88. The van der Waals surface area contributed by atoms with Crippen molar-refractivity contribution in [3.8, 4) is 0 Å². The Morgan fingerprint density at radius 2 is 1.81 bits per heavy atom. The Hall–Kier alpha value is -2.26. The highest BCUT2D eigenvalue weighted by Crippen LogP contribution is 2.33. The fourth-order valence-corrected chi connectivity index (χ4v) is 3.22. The molecule has 6 nitrogen and oxygen atoms in total. The van der Waals surface area contributed by atoms with Crippen LogP contribution < -0.4 is 0 Å². The van der Waals surface area contributed by atoms with Crippen LogP contribution in [0.2, 0.25) is 0 Å². The second-order valence-corrected chi connectivity index (χ2v) is 7.82. The SMILES string of the molecule is CC(C)(C)OC(=O)N1CCc2cc(C(=O)N3CC(F)(F)C3)n(C(F)F)c2C1. The van der Waals surface area contributed by atoms with Gasteiger partial charge in [0.2, 0.25) is 0 Å². The molecular weight excluding hydrogens is 370 g/mol. The van der Waals surface area contributed by atoms with Crippen LogP contribution >= 0.6 is 0 Å². The minimum atomic E-state index is -3.03. The lowest BCUT2D eigenvalue weighted by atomic mass is 10.1. The predicted molar refractivity (Wildman–Crippen MR) is 86.9 cm³/mol. The lowest BCUT2D eigenvalue weighted by Crippen LogP contribution is -2.58. The summed E-state index contributed by atoms with van der Waals surface area (Å²) in [5.41, 5.74) is -0.439. The summed E-state index contributed by atoms with van der Waals surface area (Å²) in [6.07, 6.45) is -0.365. The van der Waals surface area contributed by atoms with E-state index in [2.05, 4.69) is 0 Å². The monoisotopic (exact) mass is 391 g/mol. The fraction of sp³-hybridized carbons (Fsp3) is 0.647. The van der Waals surface area contributed by atoms with Gasteiger partial charge in [-0.3, -0.25) is 9.36 Å². The largest absolute Gasteiger partial charge is 0.444 e. The van der Waals surface area contributed by atoms with Gasteiger partial charge in [-0.2, -0.15) is 8.78 Å². The van der Waals surface area contributed by atoms with Gasteiger partial charge in [0.15, 0.2) is 0 Å². The average molecular weight is 391 g/mol. The molecule has 0 saturated carbocycles. The lowest BCUT2D eigenvalue weighted by molar-refractivity contribution is -0.113. The number of ether oxygens (including phenoxy) is 1. The van der Waals surface area contributed by atoms with Crippen LogP contribution in [0.15, 0.2) is 6.07 Å². The van der Waals surface area contributed by atoms with E-state index in [1.54, 1.807) is 20.8 Å². The van der Waals surface area contributed by atoms with Gasteiger partial charge in [0, 0.05) is 12.2 Å². The van der Waals surface area contributed by atoms with Gasteiger partial charge in [0.1, 0.15) is 11.3 Å². The highest BCUT2D eigenvalue weighted by atomic mass is 19.3. The number of nitrogens with zero attached hydrogens (tertiary/aromatic N) is 3. The van der Waals surface area contributed by atoms with Gasteiger partial charge >= 0.3 is 12.6 Å². The van der Waals surface area contributed by atoms with Crippen molar-refractivity contribution in [2.75, 3.05) is 19.6 Å². The minimum Gasteiger partial charge on any atom is -0.444 e. The summed E-state index contributed by atoms with van der Waals surface area (Å²) in [4.78, 5) is 26.8. The summed E-state index contributed by atoms with van der Waals surface area (Å²) in [7, 11) is 0. The molecule has 2 aliphatic heterocycles. The highest BCUT2D eigenvalue weighted by Gasteiger charge is 2.47. The Kier molecular flexibility index (Phi) is 4.63.